The molecule has 7 heteroatoms. The summed E-state index contributed by atoms with van der Waals surface area (Å²) in [5.41, 5.74) is 1.68. The minimum atomic E-state index is -0.0412. The summed E-state index contributed by atoms with van der Waals surface area (Å²) in [6, 6.07) is 13.0. The number of ether oxygens (including phenoxy) is 1. The van der Waals surface area contributed by atoms with Crippen molar-refractivity contribution in [3.8, 4) is 5.75 Å². The lowest BCUT2D eigenvalue weighted by Gasteiger charge is -2.37. The van der Waals surface area contributed by atoms with Crippen molar-refractivity contribution >= 4 is 49.9 Å². The summed E-state index contributed by atoms with van der Waals surface area (Å²) in [5, 5.41) is 4.46. The van der Waals surface area contributed by atoms with Crippen LogP contribution in [0.25, 0.3) is 10.2 Å². The van der Waals surface area contributed by atoms with Crippen LogP contribution in [0.4, 0.5) is 10.8 Å². The van der Waals surface area contributed by atoms with Gasteiger partial charge >= 0.3 is 0 Å². The summed E-state index contributed by atoms with van der Waals surface area (Å²) in [6.45, 7) is 1.34. The van der Waals surface area contributed by atoms with Crippen molar-refractivity contribution in [3.05, 3.63) is 47.5 Å². The summed E-state index contributed by atoms with van der Waals surface area (Å²) in [7, 11) is 1.65. The quantitative estimate of drug-likeness (QED) is 0.750. The van der Waals surface area contributed by atoms with Gasteiger partial charge in [-0.2, -0.15) is 0 Å². The van der Waals surface area contributed by atoms with Gasteiger partial charge in [-0.25, -0.2) is 4.98 Å². The maximum absolute atomic E-state index is 12.3. The first kappa shape index (κ1) is 16.2. The number of fused-ring (bicyclic) bond motifs is 1. The number of aromatic nitrogens is 1. The summed E-state index contributed by atoms with van der Waals surface area (Å²) in [5.74, 6) is 0.798. The number of methoxy groups -OCH3 is 1. The highest BCUT2D eigenvalue weighted by Gasteiger charge is 2.34. The van der Waals surface area contributed by atoms with Crippen LogP contribution >= 0.6 is 22.9 Å². The Balaban J connectivity index is 1.40. The molecule has 1 N–H and O–H groups in total. The van der Waals surface area contributed by atoms with Crippen molar-refractivity contribution in [2.24, 2.45) is 5.92 Å². The predicted molar refractivity (Wildman–Crippen MR) is 102 cm³/mol. The van der Waals surface area contributed by atoms with Gasteiger partial charge in [0.15, 0.2) is 5.13 Å². The molecule has 0 aliphatic carbocycles. The van der Waals surface area contributed by atoms with Gasteiger partial charge in [-0.05, 0) is 36.4 Å². The number of anilines is 2. The molecular weight excluding hydrogens is 358 g/mol. The van der Waals surface area contributed by atoms with E-state index in [1.54, 1.807) is 30.6 Å². The number of nitrogens with one attached hydrogen (secondary N) is 1. The summed E-state index contributed by atoms with van der Waals surface area (Å²) in [4.78, 5) is 19.1. The third-order valence-electron chi connectivity index (χ3n) is 4.20. The topological polar surface area (TPSA) is 54.5 Å². The normalized spacial score (nSPS) is 14.4. The minimum Gasteiger partial charge on any atom is -0.497 e. The Bertz CT molecular complexity index is 937. The molecule has 0 unspecified atom stereocenters. The van der Waals surface area contributed by atoms with Crippen LogP contribution in [-0.4, -0.2) is 31.1 Å². The lowest BCUT2D eigenvalue weighted by atomic mass is 10.00. The highest BCUT2D eigenvalue weighted by Crippen LogP contribution is 2.34. The minimum absolute atomic E-state index is 0.0151. The first-order valence-electron chi connectivity index (χ1n) is 7.88. The van der Waals surface area contributed by atoms with E-state index in [1.807, 2.05) is 30.3 Å². The zero-order valence-electron chi connectivity index (χ0n) is 13.5. The SMILES string of the molecule is COc1ccc2nc(N3CC(C(=O)Nc4cccc(Cl)c4)C3)sc2c1. The molecule has 0 atom stereocenters. The Labute approximate surface area is 154 Å². The van der Waals surface area contributed by atoms with Gasteiger partial charge in [0.1, 0.15) is 5.75 Å². The Hall–Kier alpha value is -2.31. The van der Waals surface area contributed by atoms with Gasteiger partial charge < -0.3 is 15.0 Å². The molecular formula is C18H16ClN3O2S. The number of carbonyl (C=O) groups excluding carboxylic acids is 1. The van der Waals surface area contributed by atoms with E-state index in [4.69, 9.17) is 16.3 Å². The van der Waals surface area contributed by atoms with Gasteiger partial charge in [-0.1, -0.05) is 29.0 Å². The van der Waals surface area contributed by atoms with Crippen LogP contribution in [0.3, 0.4) is 0 Å². The molecule has 5 nitrogen and oxygen atoms in total. The molecule has 25 heavy (non-hydrogen) atoms. The van der Waals surface area contributed by atoms with E-state index in [1.165, 1.54) is 0 Å². The Morgan fingerprint density at radius 2 is 2.16 bits per heavy atom. The van der Waals surface area contributed by atoms with Gasteiger partial charge in [0.05, 0.1) is 23.2 Å². The van der Waals surface area contributed by atoms with Crippen LogP contribution in [0.5, 0.6) is 5.75 Å². The van der Waals surface area contributed by atoms with E-state index >= 15 is 0 Å². The molecule has 1 aliphatic heterocycles. The zero-order valence-corrected chi connectivity index (χ0v) is 15.1. The van der Waals surface area contributed by atoms with Crippen LogP contribution < -0.4 is 15.0 Å². The molecule has 0 bridgehead atoms. The molecule has 0 spiro atoms. The Kier molecular flexibility index (Phi) is 4.23. The molecule has 1 saturated heterocycles. The average molecular weight is 374 g/mol. The van der Waals surface area contributed by atoms with Crippen LogP contribution in [0, 0.1) is 5.92 Å². The Morgan fingerprint density at radius 1 is 1.32 bits per heavy atom. The van der Waals surface area contributed by atoms with Crippen LogP contribution in [0.15, 0.2) is 42.5 Å². The summed E-state index contributed by atoms with van der Waals surface area (Å²) < 4.78 is 6.33. The standard InChI is InChI=1S/C18H16ClN3O2S/c1-24-14-5-6-15-16(8-14)25-18(21-15)22-9-11(10-22)17(23)20-13-4-2-3-12(19)7-13/h2-8,11H,9-10H2,1H3,(H,20,23). The van der Waals surface area contributed by atoms with E-state index in [0.29, 0.717) is 18.1 Å². The molecule has 2 aromatic carbocycles. The number of carbonyl (C=O) groups is 1. The number of amides is 1. The van der Waals surface area contributed by atoms with Gasteiger partial charge in [-0.15, -0.1) is 0 Å². The second-order valence-corrected chi connectivity index (χ2v) is 7.38. The molecule has 4 rings (SSSR count). The molecule has 2 heterocycles. The maximum atomic E-state index is 12.3. The van der Waals surface area contributed by atoms with Crippen molar-refractivity contribution in [1.82, 2.24) is 4.98 Å². The highest BCUT2D eigenvalue weighted by atomic mass is 35.5. The second-order valence-electron chi connectivity index (χ2n) is 5.93. The Morgan fingerprint density at radius 3 is 2.92 bits per heavy atom. The molecule has 1 fully saturated rings. The molecule has 1 amide bonds. The largest absolute Gasteiger partial charge is 0.497 e. The molecule has 0 saturated carbocycles. The van der Waals surface area contributed by atoms with Crippen LogP contribution in [0.2, 0.25) is 5.02 Å². The molecule has 1 aromatic heterocycles. The molecule has 3 aromatic rings. The van der Waals surface area contributed by atoms with Gasteiger partial charge in [-0.3, -0.25) is 4.79 Å². The monoisotopic (exact) mass is 373 g/mol. The number of halogens is 1. The maximum Gasteiger partial charge on any atom is 0.231 e. The second kappa shape index (κ2) is 6.54. The highest BCUT2D eigenvalue weighted by molar-refractivity contribution is 7.22. The van der Waals surface area contributed by atoms with Crippen LogP contribution in [-0.2, 0) is 4.79 Å². The van der Waals surface area contributed by atoms with Crippen molar-refractivity contribution in [2.45, 2.75) is 0 Å². The molecule has 1 aliphatic rings. The van der Waals surface area contributed by atoms with Crippen LogP contribution in [0.1, 0.15) is 0 Å². The number of rotatable bonds is 4. The first-order valence-corrected chi connectivity index (χ1v) is 9.08. The lowest BCUT2D eigenvalue weighted by molar-refractivity contribution is -0.120. The summed E-state index contributed by atoms with van der Waals surface area (Å²) >= 11 is 7.56. The molecule has 0 radical (unpaired) electrons. The number of hydrogen-bond donors (Lipinski definition) is 1. The van der Waals surface area contributed by atoms with Gasteiger partial charge in [0.2, 0.25) is 5.91 Å². The van der Waals surface area contributed by atoms with Crippen molar-refractivity contribution in [1.29, 1.82) is 0 Å². The molecule has 128 valence electrons. The fourth-order valence-corrected chi connectivity index (χ4v) is 3.97. The fraction of sp³-hybridized carbons (Fsp3) is 0.222. The number of thiazole rings is 1. The number of nitrogens with zero attached hydrogens (tertiary/aromatic N) is 2. The van der Waals surface area contributed by atoms with Crippen molar-refractivity contribution in [2.75, 3.05) is 30.4 Å². The summed E-state index contributed by atoms with van der Waals surface area (Å²) in [6.07, 6.45) is 0. The van der Waals surface area contributed by atoms with Gasteiger partial charge in [0.25, 0.3) is 0 Å². The fourth-order valence-electron chi connectivity index (χ4n) is 2.77. The zero-order chi connectivity index (χ0) is 17.4. The predicted octanol–water partition coefficient (Wildman–Crippen LogP) is 4.03. The number of benzene rings is 2. The third-order valence-corrected chi connectivity index (χ3v) is 5.51. The van der Waals surface area contributed by atoms with E-state index < -0.39 is 0 Å². The average Bonchev–Trinajstić information content (AvgIpc) is 2.95. The number of hydrogen-bond acceptors (Lipinski definition) is 5. The van der Waals surface area contributed by atoms with E-state index in [-0.39, 0.29) is 11.8 Å². The first-order chi connectivity index (χ1) is 12.1. The van der Waals surface area contributed by atoms with Crippen molar-refractivity contribution < 1.29 is 9.53 Å². The van der Waals surface area contributed by atoms with Gasteiger partial charge in [0, 0.05) is 23.8 Å². The van der Waals surface area contributed by atoms with E-state index in [0.717, 1.165) is 26.8 Å². The smallest absolute Gasteiger partial charge is 0.231 e. The third kappa shape index (κ3) is 3.27. The van der Waals surface area contributed by atoms with Crippen molar-refractivity contribution in [3.63, 3.8) is 0 Å². The van der Waals surface area contributed by atoms with E-state index in [2.05, 4.69) is 15.2 Å². The lowest BCUT2D eigenvalue weighted by Crippen LogP contribution is -2.52. The van der Waals surface area contributed by atoms with E-state index in [9.17, 15) is 4.79 Å².